The molecule has 0 atom stereocenters. The number of hydrogen-bond donors (Lipinski definition) is 1. The third-order valence-electron chi connectivity index (χ3n) is 1.91. The first-order valence-electron chi connectivity index (χ1n) is 4.25. The number of rotatable bonds is 2. The Morgan fingerprint density at radius 2 is 2.31 bits per heavy atom. The van der Waals surface area contributed by atoms with Crippen molar-refractivity contribution in [3.8, 4) is 16.5 Å². The highest BCUT2D eigenvalue weighted by molar-refractivity contribution is 7.13. The van der Waals surface area contributed by atoms with Crippen LogP contribution in [0.3, 0.4) is 0 Å². The van der Waals surface area contributed by atoms with Crippen LogP contribution in [0.15, 0.2) is 23.8 Å². The quantitative estimate of drug-likeness (QED) is 0.851. The van der Waals surface area contributed by atoms with Gasteiger partial charge in [0, 0.05) is 6.20 Å². The van der Waals surface area contributed by atoms with E-state index < -0.39 is 5.97 Å². The maximum absolute atomic E-state index is 10.9. The lowest BCUT2D eigenvalue weighted by atomic mass is 10.1. The van der Waals surface area contributed by atoms with E-state index in [1.807, 2.05) is 6.07 Å². The number of carbonyl (C=O) groups is 1. The van der Waals surface area contributed by atoms with Crippen LogP contribution in [0.2, 0.25) is 0 Å². The smallest absolute Gasteiger partial charge is 0.356 e. The molecule has 0 aliphatic heterocycles. The molecule has 0 aromatic carbocycles. The summed E-state index contributed by atoms with van der Waals surface area (Å²) in [6.07, 6.45) is 1.47. The van der Waals surface area contributed by atoms with Crippen LogP contribution >= 0.6 is 11.3 Å². The van der Waals surface area contributed by atoms with Crippen LogP contribution in [-0.2, 0) is 0 Å². The Balaban J connectivity index is 2.55. The van der Waals surface area contributed by atoms with Gasteiger partial charge in [-0.15, -0.1) is 11.3 Å². The molecule has 5 nitrogen and oxygen atoms in total. The number of aromatic carboxylic acids is 1. The number of nitrogens with zero attached hydrogens (tertiary/aromatic N) is 3. The van der Waals surface area contributed by atoms with Gasteiger partial charge in [0.05, 0.1) is 10.4 Å². The van der Waals surface area contributed by atoms with Crippen molar-refractivity contribution in [2.45, 2.75) is 0 Å². The largest absolute Gasteiger partial charge is 0.476 e. The standard InChI is InChI=1S/C10H5N3O2S/c11-4-7-3-6(1-2-12-7)9-8(10(14)15)13-5-16-9/h1-3,5H,(H,14,15). The molecule has 2 aromatic heterocycles. The number of carboxylic acid groups (broad SMARTS) is 1. The second-order valence-electron chi connectivity index (χ2n) is 2.88. The summed E-state index contributed by atoms with van der Waals surface area (Å²) < 4.78 is 0. The normalized spacial score (nSPS) is 9.69. The lowest BCUT2D eigenvalue weighted by Crippen LogP contribution is -1.98. The van der Waals surface area contributed by atoms with Gasteiger partial charge in [0.15, 0.2) is 5.69 Å². The number of pyridine rings is 1. The van der Waals surface area contributed by atoms with Gasteiger partial charge >= 0.3 is 5.97 Å². The molecular weight excluding hydrogens is 226 g/mol. The van der Waals surface area contributed by atoms with Crippen LogP contribution in [0.4, 0.5) is 0 Å². The van der Waals surface area contributed by atoms with Crippen molar-refractivity contribution < 1.29 is 9.90 Å². The number of carboxylic acids is 1. The first-order valence-corrected chi connectivity index (χ1v) is 5.13. The minimum atomic E-state index is -1.08. The van der Waals surface area contributed by atoms with Crippen LogP contribution in [0.1, 0.15) is 16.2 Å². The molecule has 2 rings (SSSR count). The molecule has 16 heavy (non-hydrogen) atoms. The highest BCUT2D eigenvalue weighted by atomic mass is 32.1. The number of hydrogen-bond acceptors (Lipinski definition) is 5. The van der Waals surface area contributed by atoms with Gasteiger partial charge in [-0.05, 0) is 17.7 Å². The van der Waals surface area contributed by atoms with E-state index in [1.165, 1.54) is 23.0 Å². The average Bonchev–Trinajstić information content (AvgIpc) is 2.78. The maximum Gasteiger partial charge on any atom is 0.356 e. The lowest BCUT2D eigenvalue weighted by Gasteiger charge is -1.98. The fourth-order valence-corrected chi connectivity index (χ4v) is 2.01. The van der Waals surface area contributed by atoms with Gasteiger partial charge in [0.1, 0.15) is 11.8 Å². The highest BCUT2D eigenvalue weighted by Crippen LogP contribution is 2.27. The van der Waals surface area contributed by atoms with Gasteiger partial charge < -0.3 is 5.11 Å². The summed E-state index contributed by atoms with van der Waals surface area (Å²) in [5.74, 6) is -1.08. The molecule has 78 valence electrons. The summed E-state index contributed by atoms with van der Waals surface area (Å²) in [6, 6.07) is 5.10. The van der Waals surface area contributed by atoms with Crippen LogP contribution in [-0.4, -0.2) is 21.0 Å². The zero-order valence-corrected chi connectivity index (χ0v) is 8.73. The van der Waals surface area contributed by atoms with E-state index in [0.717, 1.165) is 0 Å². The summed E-state index contributed by atoms with van der Waals surface area (Å²) in [6.45, 7) is 0. The van der Waals surface area contributed by atoms with E-state index in [4.69, 9.17) is 10.4 Å². The summed E-state index contributed by atoms with van der Waals surface area (Å²) >= 11 is 1.22. The van der Waals surface area contributed by atoms with E-state index in [-0.39, 0.29) is 11.4 Å². The molecule has 0 fully saturated rings. The Hall–Kier alpha value is -2.26. The van der Waals surface area contributed by atoms with Crippen molar-refractivity contribution >= 4 is 17.3 Å². The molecule has 0 bridgehead atoms. The highest BCUT2D eigenvalue weighted by Gasteiger charge is 2.15. The molecule has 0 unspecified atom stereocenters. The molecule has 0 aliphatic carbocycles. The number of thiazole rings is 1. The van der Waals surface area contributed by atoms with E-state index in [1.54, 1.807) is 12.1 Å². The molecule has 0 radical (unpaired) electrons. The predicted molar refractivity (Wildman–Crippen MR) is 57.0 cm³/mol. The van der Waals surface area contributed by atoms with E-state index in [9.17, 15) is 4.79 Å². The number of nitriles is 1. The average molecular weight is 231 g/mol. The van der Waals surface area contributed by atoms with Gasteiger partial charge in [-0.3, -0.25) is 0 Å². The van der Waals surface area contributed by atoms with Crippen molar-refractivity contribution in [1.82, 2.24) is 9.97 Å². The molecule has 1 N–H and O–H groups in total. The van der Waals surface area contributed by atoms with Crippen LogP contribution in [0.25, 0.3) is 10.4 Å². The fourth-order valence-electron chi connectivity index (χ4n) is 1.24. The van der Waals surface area contributed by atoms with Crippen molar-refractivity contribution in [2.75, 3.05) is 0 Å². The maximum atomic E-state index is 10.9. The molecule has 0 amide bonds. The van der Waals surface area contributed by atoms with Crippen LogP contribution in [0, 0.1) is 11.3 Å². The first-order chi connectivity index (χ1) is 7.72. The molecule has 0 aliphatic rings. The fraction of sp³-hybridized carbons (Fsp3) is 0. The summed E-state index contributed by atoms with van der Waals surface area (Å²) in [7, 11) is 0. The zero-order chi connectivity index (χ0) is 11.5. The minimum absolute atomic E-state index is 0.0000831. The van der Waals surface area contributed by atoms with Gasteiger partial charge in [-0.1, -0.05) is 0 Å². The van der Waals surface area contributed by atoms with Crippen molar-refractivity contribution in [2.24, 2.45) is 0 Å². The second-order valence-corrected chi connectivity index (χ2v) is 3.73. The van der Waals surface area contributed by atoms with E-state index >= 15 is 0 Å². The molecule has 0 saturated heterocycles. The van der Waals surface area contributed by atoms with Gasteiger partial charge in [0.2, 0.25) is 0 Å². The number of aromatic nitrogens is 2. The predicted octanol–water partition coefficient (Wildman–Crippen LogP) is 1.77. The van der Waals surface area contributed by atoms with Gasteiger partial charge in [0.25, 0.3) is 0 Å². The summed E-state index contributed by atoms with van der Waals surface area (Å²) in [5, 5.41) is 17.6. The van der Waals surface area contributed by atoms with E-state index in [0.29, 0.717) is 10.4 Å². The topological polar surface area (TPSA) is 86.9 Å². The third kappa shape index (κ3) is 1.76. The molecule has 0 saturated carbocycles. The van der Waals surface area contributed by atoms with Crippen LogP contribution < -0.4 is 0 Å². The molecule has 2 heterocycles. The van der Waals surface area contributed by atoms with Crippen LogP contribution in [0.5, 0.6) is 0 Å². The third-order valence-corrected chi connectivity index (χ3v) is 2.78. The Labute approximate surface area is 94.6 Å². The van der Waals surface area contributed by atoms with Crippen molar-refractivity contribution in [3.05, 3.63) is 35.2 Å². The Morgan fingerprint density at radius 3 is 3.00 bits per heavy atom. The minimum Gasteiger partial charge on any atom is -0.476 e. The monoisotopic (exact) mass is 231 g/mol. The Bertz CT molecular complexity index is 586. The summed E-state index contributed by atoms with van der Waals surface area (Å²) in [4.78, 5) is 19.0. The second kappa shape index (κ2) is 4.08. The molecule has 0 spiro atoms. The summed E-state index contributed by atoms with van der Waals surface area (Å²) in [5.41, 5.74) is 2.36. The molecule has 2 aromatic rings. The SMILES string of the molecule is N#Cc1cc(-c2scnc2C(=O)O)ccn1. The van der Waals surface area contributed by atoms with Gasteiger partial charge in [-0.2, -0.15) is 5.26 Å². The molecule has 6 heteroatoms. The molecular formula is C10H5N3O2S. The zero-order valence-electron chi connectivity index (χ0n) is 7.91. The first kappa shape index (κ1) is 10.3. The van der Waals surface area contributed by atoms with E-state index in [2.05, 4.69) is 9.97 Å². The van der Waals surface area contributed by atoms with Crippen molar-refractivity contribution in [1.29, 1.82) is 5.26 Å². The van der Waals surface area contributed by atoms with Gasteiger partial charge in [-0.25, -0.2) is 14.8 Å². The van der Waals surface area contributed by atoms with Crippen molar-refractivity contribution in [3.63, 3.8) is 0 Å². The Kier molecular flexibility index (Phi) is 2.62. The Morgan fingerprint density at radius 1 is 1.50 bits per heavy atom. The lowest BCUT2D eigenvalue weighted by molar-refractivity contribution is 0.0692.